The first-order valence-corrected chi connectivity index (χ1v) is 20.0. The van der Waals surface area contributed by atoms with Crippen molar-refractivity contribution < 1.29 is 19.5 Å². The highest BCUT2D eigenvalue weighted by atomic mass is 32.1. The van der Waals surface area contributed by atoms with E-state index in [4.69, 9.17) is 5.73 Å². The Bertz CT molecular complexity index is 1310. The van der Waals surface area contributed by atoms with E-state index in [2.05, 4.69) is 29.1 Å². The lowest BCUT2D eigenvalue weighted by Crippen LogP contribution is -2.49. The fourth-order valence-corrected chi connectivity index (χ4v) is 8.11. The second-order valence-corrected chi connectivity index (χ2v) is 16.2. The number of carbonyl (C=O) groups is 3. The first-order chi connectivity index (χ1) is 24.1. The number of carbonyl (C=O) groups excluding carboxylic acids is 3. The van der Waals surface area contributed by atoms with Crippen molar-refractivity contribution in [1.29, 1.82) is 0 Å². The number of thiazole rings is 1. The van der Waals surface area contributed by atoms with Crippen molar-refractivity contribution in [3.63, 3.8) is 0 Å². The summed E-state index contributed by atoms with van der Waals surface area (Å²) in [5.74, 6) is -0.0302. The standard InChI is InChI=1S/C39H62N6O4S/c1-28(2)17-18-35(46)34(22-29-12-6-4-7-13-29)43-38(49)31(23-33-27-50-39(40)42-33)24-36(47)45(25-30-14-8-5-9-15-30)26-37(48)44(3)21-19-32-16-10-11-20-41-32/h10-11,16,20,27-31,34-35,46H,4-9,12-15,17-19,21-26H2,1-3H3,(H2,40,42)(H,43,49)/t31-,34+,35+/m1/s1. The highest BCUT2D eigenvalue weighted by molar-refractivity contribution is 7.13. The molecule has 11 heteroatoms. The molecule has 3 amide bonds. The molecule has 4 rings (SSSR count). The van der Waals surface area contributed by atoms with Crippen molar-refractivity contribution in [2.45, 2.75) is 129 Å². The third kappa shape index (κ3) is 13.6. The summed E-state index contributed by atoms with van der Waals surface area (Å²) in [7, 11) is 1.77. The number of rotatable bonds is 19. The van der Waals surface area contributed by atoms with E-state index in [0.717, 1.165) is 57.1 Å². The van der Waals surface area contributed by atoms with E-state index in [1.807, 2.05) is 23.6 Å². The molecule has 0 spiro atoms. The second-order valence-electron chi connectivity index (χ2n) is 15.3. The Balaban J connectivity index is 1.50. The zero-order valence-electron chi connectivity index (χ0n) is 30.7. The van der Waals surface area contributed by atoms with Gasteiger partial charge in [0.1, 0.15) is 0 Å². The number of likely N-dealkylation sites (N-methyl/N-ethyl adjacent to an activating group) is 1. The van der Waals surface area contributed by atoms with Crippen molar-refractivity contribution in [1.82, 2.24) is 25.1 Å². The number of hydrogen-bond donors (Lipinski definition) is 3. The van der Waals surface area contributed by atoms with Crippen molar-refractivity contribution >= 4 is 34.2 Å². The number of aliphatic hydroxyl groups is 1. The SMILES string of the molecule is CC(C)CC[C@H](O)[C@H](CC1CCCCC1)NC(=O)[C@@H](CC(=O)N(CC(=O)N(C)CCc1ccccn1)CC1CCCCC1)Cc1csc(N)n1. The maximum atomic E-state index is 14.3. The summed E-state index contributed by atoms with van der Waals surface area (Å²) < 4.78 is 0. The van der Waals surface area contributed by atoms with E-state index in [9.17, 15) is 19.5 Å². The topological polar surface area (TPSA) is 142 Å². The van der Waals surface area contributed by atoms with E-state index >= 15 is 0 Å². The van der Waals surface area contributed by atoms with Crippen molar-refractivity contribution in [2.75, 3.05) is 32.4 Å². The molecule has 50 heavy (non-hydrogen) atoms. The summed E-state index contributed by atoms with van der Waals surface area (Å²) in [6, 6.07) is 5.37. The molecular formula is C39H62N6O4S. The van der Waals surface area contributed by atoms with E-state index in [1.54, 1.807) is 23.0 Å². The summed E-state index contributed by atoms with van der Waals surface area (Å²) in [6.07, 6.45) is 15.5. The Morgan fingerprint density at radius 1 is 0.980 bits per heavy atom. The molecule has 3 atom stereocenters. The minimum Gasteiger partial charge on any atom is -0.391 e. The smallest absolute Gasteiger partial charge is 0.241 e. The Hall–Kier alpha value is -3.05. The van der Waals surface area contributed by atoms with Crippen LogP contribution in [0.1, 0.15) is 115 Å². The molecule has 0 aromatic carbocycles. The number of nitrogens with one attached hydrogen (secondary N) is 1. The van der Waals surface area contributed by atoms with Crippen LogP contribution in [0.2, 0.25) is 0 Å². The van der Waals surface area contributed by atoms with Gasteiger partial charge in [0.2, 0.25) is 17.7 Å². The lowest BCUT2D eigenvalue weighted by molar-refractivity contribution is -0.142. The third-order valence-electron chi connectivity index (χ3n) is 10.7. The van der Waals surface area contributed by atoms with Crippen LogP contribution in [0.25, 0.3) is 0 Å². The molecule has 278 valence electrons. The van der Waals surface area contributed by atoms with Gasteiger partial charge >= 0.3 is 0 Å². The summed E-state index contributed by atoms with van der Waals surface area (Å²) in [4.78, 5) is 54.2. The molecule has 0 bridgehead atoms. The number of anilines is 1. The van der Waals surface area contributed by atoms with Crippen LogP contribution >= 0.6 is 11.3 Å². The number of aliphatic hydroxyl groups excluding tert-OH is 1. The van der Waals surface area contributed by atoms with Gasteiger partial charge in [0.15, 0.2) is 5.13 Å². The first-order valence-electron chi connectivity index (χ1n) is 19.2. The molecule has 2 fully saturated rings. The molecule has 0 unspecified atom stereocenters. The molecule has 2 aromatic rings. The van der Waals surface area contributed by atoms with Crippen LogP contribution in [0.4, 0.5) is 5.13 Å². The minimum atomic E-state index is -0.707. The molecule has 2 saturated carbocycles. The van der Waals surface area contributed by atoms with Crippen molar-refractivity contribution in [2.24, 2.45) is 23.7 Å². The van der Waals surface area contributed by atoms with Crippen LogP contribution in [0.15, 0.2) is 29.8 Å². The van der Waals surface area contributed by atoms with Gasteiger partial charge in [-0.25, -0.2) is 4.98 Å². The second kappa shape index (κ2) is 20.7. The maximum Gasteiger partial charge on any atom is 0.241 e. The maximum absolute atomic E-state index is 14.3. The average Bonchev–Trinajstić information content (AvgIpc) is 3.53. The zero-order chi connectivity index (χ0) is 35.9. The molecule has 0 aliphatic heterocycles. The fraction of sp³-hybridized carbons (Fsp3) is 0.718. The summed E-state index contributed by atoms with van der Waals surface area (Å²) in [6.45, 7) is 5.27. The fourth-order valence-electron chi connectivity index (χ4n) is 7.54. The number of nitrogens with zero attached hydrogens (tertiary/aromatic N) is 4. The third-order valence-corrected chi connectivity index (χ3v) is 11.4. The monoisotopic (exact) mass is 710 g/mol. The van der Waals surface area contributed by atoms with Crippen molar-refractivity contribution in [3.05, 3.63) is 41.2 Å². The van der Waals surface area contributed by atoms with Crippen LogP contribution in [0.5, 0.6) is 0 Å². The Kier molecular flexibility index (Phi) is 16.5. The summed E-state index contributed by atoms with van der Waals surface area (Å²) in [5, 5.41) is 16.9. The average molecular weight is 711 g/mol. The molecule has 2 aromatic heterocycles. The van der Waals surface area contributed by atoms with Gasteiger partial charge in [-0.1, -0.05) is 71.3 Å². The van der Waals surface area contributed by atoms with E-state index in [1.165, 1.54) is 37.0 Å². The van der Waals surface area contributed by atoms with E-state index in [0.29, 0.717) is 54.5 Å². The highest BCUT2D eigenvalue weighted by Gasteiger charge is 2.33. The molecule has 4 N–H and O–H groups in total. The van der Waals surface area contributed by atoms with Gasteiger partial charge in [-0.05, 0) is 62.0 Å². The van der Waals surface area contributed by atoms with Crippen LogP contribution in [-0.4, -0.2) is 81.4 Å². The highest BCUT2D eigenvalue weighted by Crippen LogP contribution is 2.30. The van der Waals surface area contributed by atoms with E-state index < -0.39 is 12.0 Å². The van der Waals surface area contributed by atoms with Gasteiger partial charge in [0.05, 0.1) is 30.3 Å². The number of nitrogens with two attached hydrogens (primary N) is 1. The lowest BCUT2D eigenvalue weighted by atomic mass is 9.82. The Morgan fingerprint density at radius 3 is 2.30 bits per heavy atom. The number of hydrogen-bond acceptors (Lipinski definition) is 8. The van der Waals surface area contributed by atoms with Crippen LogP contribution < -0.4 is 11.1 Å². The van der Waals surface area contributed by atoms with Crippen LogP contribution in [0, 0.1) is 23.7 Å². The molecular weight excluding hydrogens is 649 g/mol. The normalized spacial score (nSPS) is 17.6. The molecule has 10 nitrogen and oxygen atoms in total. The van der Waals surface area contributed by atoms with Crippen LogP contribution in [0.3, 0.4) is 0 Å². The van der Waals surface area contributed by atoms with Gasteiger partial charge in [0.25, 0.3) is 0 Å². The van der Waals surface area contributed by atoms with Gasteiger partial charge in [-0.2, -0.15) is 0 Å². The number of pyridine rings is 1. The largest absolute Gasteiger partial charge is 0.391 e. The molecule has 0 saturated heterocycles. The lowest BCUT2D eigenvalue weighted by Gasteiger charge is -2.33. The molecule has 2 aliphatic rings. The molecule has 2 heterocycles. The molecule has 2 aliphatic carbocycles. The Labute approximate surface area is 304 Å². The van der Waals surface area contributed by atoms with Gasteiger partial charge in [0, 0.05) is 56.7 Å². The quantitative estimate of drug-likeness (QED) is 0.162. The predicted molar refractivity (Wildman–Crippen MR) is 200 cm³/mol. The number of aromatic nitrogens is 2. The van der Waals surface area contributed by atoms with E-state index in [-0.39, 0.29) is 43.1 Å². The van der Waals surface area contributed by atoms with Crippen molar-refractivity contribution in [3.8, 4) is 0 Å². The zero-order valence-corrected chi connectivity index (χ0v) is 31.5. The minimum absolute atomic E-state index is 0.0236. The predicted octanol–water partition coefficient (Wildman–Crippen LogP) is 6.03. The van der Waals surface area contributed by atoms with Gasteiger partial charge in [-0.3, -0.25) is 19.4 Å². The van der Waals surface area contributed by atoms with Gasteiger partial charge in [-0.15, -0.1) is 11.3 Å². The van der Waals surface area contributed by atoms with Gasteiger partial charge < -0.3 is 26.0 Å². The Morgan fingerprint density at radius 2 is 1.68 bits per heavy atom. The van der Waals surface area contributed by atoms with Crippen LogP contribution in [-0.2, 0) is 27.2 Å². The summed E-state index contributed by atoms with van der Waals surface area (Å²) >= 11 is 1.32. The summed E-state index contributed by atoms with van der Waals surface area (Å²) in [5.41, 5.74) is 7.55. The number of amides is 3. The number of nitrogen functional groups attached to an aromatic ring is 1. The first kappa shape index (κ1) is 39.7. The molecule has 0 radical (unpaired) electrons.